The predicted molar refractivity (Wildman–Crippen MR) is 90.9 cm³/mol. The first-order valence-electron chi connectivity index (χ1n) is 7.73. The van der Waals surface area contributed by atoms with Crippen LogP contribution >= 0.6 is 0 Å². The van der Waals surface area contributed by atoms with E-state index in [9.17, 15) is 4.79 Å². The highest BCUT2D eigenvalue weighted by Gasteiger charge is 2.15. The van der Waals surface area contributed by atoms with Crippen LogP contribution in [0.4, 0.5) is 0 Å². The van der Waals surface area contributed by atoms with E-state index >= 15 is 0 Å². The molecule has 0 aromatic heterocycles. The van der Waals surface area contributed by atoms with Crippen LogP contribution in [0.15, 0.2) is 48.5 Å². The van der Waals surface area contributed by atoms with Gasteiger partial charge >= 0.3 is 0 Å². The smallest absolute Gasteiger partial charge is 0.251 e. The molecular formula is C19H20N2O3. The number of ether oxygens (including phenoxy) is 1. The number of rotatable bonds is 6. The van der Waals surface area contributed by atoms with Crippen LogP contribution in [0.5, 0.6) is 11.5 Å². The molecule has 2 aromatic carbocycles. The molecule has 5 heteroatoms. The molecule has 0 aliphatic rings. The van der Waals surface area contributed by atoms with E-state index in [0.29, 0.717) is 22.6 Å². The van der Waals surface area contributed by atoms with Crippen molar-refractivity contribution < 1.29 is 14.6 Å². The minimum absolute atomic E-state index is 0.0172. The van der Waals surface area contributed by atoms with Gasteiger partial charge in [-0.05, 0) is 55.3 Å². The fourth-order valence-corrected chi connectivity index (χ4v) is 2.02. The quantitative estimate of drug-likeness (QED) is 0.855. The molecule has 0 bridgehead atoms. The maximum Gasteiger partial charge on any atom is 0.251 e. The molecule has 0 saturated carbocycles. The monoisotopic (exact) mass is 324 g/mol. The minimum atomic E-state index is -0.215. The van der Waals surface area contributed by atoms with Crippen molar-refractivity contribution in [2.24, 2.45) is 5.92 Å². The molecular weight excluding hydrogens is 304 g/mol. The molecule has 5 nitrogen and oxygen atoms in total. The number of hydrogen-bond donors (Lipinski definition) is 2. The number of carbonyl (C=O) groups excluding carboxylic acids is 1. The van der Waals surface area contributed by atoms with E-state index in [-0.39, 0.29) is 24.5 Å². The third-order valence-corrected chi connectivity index (χ3v) is 3.82. The number of carbonyl (C=O) groups is 1. The van der Waals surface area contributed by atoms with Crippen LogP contribution in [0.1, 0.15) is 29.8 Å². The fourth-order valence-electron chi connectivity index (χ4n) is 2.02. The first-order chi connectivity index (χ1) is 11.5. The summed E-state index contributed by atoms with van der Waals surface area (Å²) in [4.78, 5) is 12.3. The fraction of sp³-hybridized carbons (Fsp3) is 0.263. The Balaban J connectivity index is 2.07. The maximum atomic E-state index is 12.3. The molecule has 2 aromatic rings. The van der Waals surface area contributed by atoms with Crippen LogP contribution in [-0.2, 0) is 0 Å². The van der Waals surface area contributed by atoms with E-state index in [4.69, 9.17) is 15.1 Å². The zero-order valence-electron chi connectivity index (χ0n) is 13.7. The number of nitrogens with zero attached hydrogens (tertiary/aromatic N) is 1. The number of hydrogen-bond acceptors (Lipinski definition) is 4. The van der Waals surface area contributed by atoms with Gasteiger partial charge in [0.05, 0.1) is 11.6 Å². The molecule has 0 radical (unpaired) electrons. The van der Waals surface area contributed by atoms with E-state index in [1.165, 1.54) is 0 Å². The van der Waals surface area contributed by atoms with Gasteiger partial charge in [0, 0.05) is 18.2 Å². The lowest BCUT2D eigenvalue weighted by molar-refractivity contribution is 0.0916. The summed E-state index contributed by atoms with van der Waals surface area (Å²) in [6, 6.07) is 15.5. The second-order valence-electron chi connectivity index (χ2n) is 5.69. The lowest BCUT2D eigenvalue weighted by Crippen LogP contribution is -2.38. The van der Waals surface area contributed by atoms with E-state index in [2.05, 4.69) is 5.32 Å². The number of nitriles is 1. The number of benzene rings is 2. The highest BCUT2D eigenvalue weighted by Crippen LogP contribution is 2.22. The van der Waals surface area contributed by atoms with Crippen LogP contribution in [0, 0.1) is 17.2 Å². The number of amides is 1. The summed E-state index contributed by atoms with van der Waals surface area (Å²) in [5.74, 6) is 0.893. The second kappa shape index (κ2) is 8.14. The normalized spacial score (nSPS) is 12.8. The summed E-state index contributed by atoms with van der Waals surface area (Å²) in [6.45, 7) is 3.74. The average molecular weight is 324 g/mol. The second-order valence-corrected chi connectivity index (χ2v) is 5.69. The van der Waals surface area contributed by atoms with Gasteiger partial charge in [0.1, 0.15) is 11.5 Å². The van der Waals surface area contributed by atoms with Gasteiger partial charge in [-0.3, -0.25) is 4.79 Å². The Labute approximate surface area is 141 Å². The molecule has 24 heavy (non-hydrogen) atoms. The Hall–Kier alpha value is -2.84. The van der Waals surface area contributed by atoms with Crippen molar-refractivity contribution in [2.45, 2.75) is 19.9 Å². The molecule has 0 saturated heterocycles. The zero-order chi connectivity index (χ0) is 17.5. The molecule has 0 heterocycles. The van der Waals surface area contributed by atoms with Gasteiger partial charge in [-0.25, -0.2) is 0 Å². The number of nitrogens with one attached hydrogen (secondary N) is 1. The zero-order valence-corrected chi connectivity index (χ0v) is 13.7. The summed E-state index contributed by atoms with van der Waals surface area (Å²) < 4.78 is 5.71. The molecule has 0 spiro atoms. The van der Waals surface area contributed by atoms with Crippen molar-refractivity contribution in [1.82, 2.24) is 5.32 Å². The summed E-state index contributed by atoms with van der Waals surface area (Å²) in [7, 11) is 0. The van der Waals surface area contributed by atoms with Crippen LogP contribution in [0.3, 0.4) is 0 Å². The van der Waals surface area contributed by atoms with Crippen molar-refractivity contribution >= 4 is 5.91 Å². The predicted octanol–water partition coefficient (Wildman–Crippen LogP) is 3.10. The average Bonchev–Trinajstić information content (AvgIpc) is 2.61. The molecule has 2 N–H and O–H groups in total. The highest BCUT2D eigenvalue weighted by atomic mass is 16.5. The van der Waals surface area contributed by atoms with Crippen molar-refractivity contribution in [3.63, 3.8) is 0 Å². The van der Waals surface area contributed by atoms with Crippen LogP contribution in [-0.4, -0.2) is 23.7 Å². The van der Waals surface area contributed by atoms with Gasteiger partial charge in [-0.2, -0.15) is 5.26 Å². The van der Waals surface area contributed by atoms with Crippen LogP contribution < -0.4 is 10.1 Å². The number of aliphatic hydroxyl groups is 1. The largest absolute Gasteiger partial charge is 0.457 e. The molecule has 0 aliphatic carbocycles. The standard InChI is InChI=1S/C19H20N2O3/c1-13(12-22)14(2)21-19(23)16-4-3-5-18(10-16)24-17-8-6-15(11-20)7-9-17/h3-10,13-14,22H,12H2,1-2H3,(H,21,23). The summed E-state index contributed by atoms with van der Waals surface area (Å²) in [5.41, 5.74) is 1.04. The molecule has 0 aliphatic heterocycles. The van der Waals surface area contributed by atoms with Crippen LogP contribution in [0.25, 0.3) is 0 Å². The van der Waals surface area contributed by atoms with E-state index < -0.39 is 0 Å². The highest BCUT2D eigenvalue weighted by molar-refractivity contribution is 5.94. The summed E-state index contributed by atoms with van der Waals surface area (Å²) in [5, 5.41) is 20.8. The van der Waals surface area contributed by atoms with Crippen molar-refractivity contribution in [3.05, 3.63) is 59.7 Å². The van der Waals surface area contributed by atoms with Crippen molar-refractivity contribution in [1.29, 1.82) is 5.26 Å². The Morgan fingerprint density at radius 3 is 2.54 bits per heavy atom. The van der Waals surface area contributed by atoms with Gasteiger partial charge in [0.25, 0.3) is 5.91 Å². The SMILES string of the molecule is CC(CO)C(C)NC(=O)c1cccc(Oc2ccc(C#N)cc2)c1. The lowest BCUT2D eigenvalue weighted by atomic mass is 10.0. The third-order valence-electron chi connectivity index (χ3n) is 3.82. The first kappa shape index (κ1) is 17.5. The van der Waals surface area contributed by atoms with Gasteiger partial charge in [0.2, 0.25) is 0 Å². The van der Waals surface area contributed by atoms with Gasteiger partial charge in [0.15, 0.2) is 0 Å². The van der Waals surface area contributed by atoms with Crippen molar-refractivity contribution in [2.75, 3.05) is 6.61 Å². The van der Waals surface area contributed by atoms with Crippen LogP contribution in [0.2, 0.25) is 0 Å². The van der Waals surface area contributed by atoms with E-state index in [0.717, 1.165) is 0 Å². The summed E-state index contributed by atoms with van der Waals surface area (Å²) >= 11 is 0. The third kappa shape index (κ3) is 4.58. The van der Waals surface area contributed by atoms with Gasteiger partial charge < -0.3 is 15.2 Å². The van der Waals surface area contributed by atoms with Gasteiger partial charge in [-0.15, -0.1) is 0 Å². The summed E-state index contributed by atoms with van der Waals surface area (Å²) in [6.07, 6.45) is 0. The van der Waals surface area contributed by atoms with Gasteiger partial charge in [-0.1, -0.05) is 13.0 Å². The molecule has 0 fully saturated rings. The molecule has 2 atom stereocenters. The van der Waals surface area contributed by atoms with E-state index in [1.807, 2.05) is 19.9 Å². The Morgan fingerprint density at radius 2 is 1.92 bits per heavy atom. The Bertz CT molecular complexity index is 735. The van der Waals surface area contributed by atoms with Crippen molar-refractivity contribution in [3.8, 4) is 17.6 Å². The molecule has 1 amide bonds. The molecule has 2 rings (SSSR count). The Morgan fingerprint density at radius 1 is 1.21 bits per heavy atom. The number of aliphatic hydroxyl groups excluding tert-OH is 1. The Kier molecular flexibility index (Phi) is 5.94. The topological polar surface area (TPSA) is 82.3 Å². The first-order valence-corrected chi connectivity index (χ1v) is 7.73. The lowest BCUT2D eigenvalue weighted by Gasteiger charge is -2.19. The molecule has 2 unspecified atom stereocenters. The minimum Gasteiger partial charge on any atom is -0.457 e. The maximum absolute atomic E-state index is 12.3. The van der Waals surface area contributed by atoms with E-state index in [1.54, 1.807) is 48.5 Å². The molecule has 124 valence electrons.